The summed E-state index contributed by atoms with van der Waals surface area (Å²) in [6.07, 6.45) is 4.89. The molecule has 0 spiro atoms. The van der Waals surface area contributed by atoms with Crippen molar-refractivity contribution in [2.24, 2.45) is 12.8 Å². The quantitative estimate of drug-likeness (QED) is 0.811. The second-order valence-corrected chi connectivity index (χ2v) is 4.79. The molecule has 2 rings (SSSR count). The molecule has 0 unspecified atom stereocenters. The smallest absolute Gasteiger partial charge is 0.237 e. The number of carbonyl (C=O) groups excluding carboxylic acids is 1. The second-order valence-electron chi connectivity index (χ2n) is 4.79. The Morgan fingerprint density at radius 2 is 2.15 bits per heavy atom. The number of nitrogens with one attached hydrogen (secondary N) is 1. The van der Waals surface area contributed by atoms with E-state index in [9.17, 15) is 4.79 Å². The molecule has 5 heteroatoms. The first-order chi connectivity index (χ1) is 9.66. The lowest BCUT2D eigenvalue weighted by molar-refractivity contribution is -0.122. The standard InChI is InChI=1S/C15H20N4O/c1-19-10-9-17-14(19)7-8-18-15(20)13(16)11-12-5-3-2-4-6-12/h2-6,9-10,13H,7-8,11,16H2,1H3,(H,18,20)/t13-/m1/s1. The average Bonchev–Trinajstić information content (AvgIpc) is 2.85. The number of amides is 1. The normalized spacial score (nSPS) is 12.1. The van der Waals surface area contributed by atoms with E-state index in [0.717, 1.165) is 11.4 Å². The minimum absolute atomic E-state index is 0.122. The zero-order valence-corrected chi connectivity index (χ0v) is 11.6. The van der Waals surface area contributed by atoms with Crippen LogP contribution in [0.2, 0.25) is 0 Å². The first-order valence-corrected chi connectivity index (χ1v) is 6.70. The third-order valence-electron chi connectivity index (χ3n) is 3.20. The molecule has 0 fully saturated rings. The van der Waals surface area contributed by atoms with E-state index in [1.807, 2.05) is 48.1 Å². The predicted molar refractivity (Wildman–Crippen MR) is 78.0 cm³/mol. The van der Waals surface area contributed by atoms with Crippen molar-refractivity contribution < 1.29 is 4.79 Å². The molecular weight excluding hydrogens is 252 g/mol. The van der Waals surface area contributed by atoms with Crippen LogP contribution < -0.4 is 11.1 Å². The molecule has 3 N–H and O–H groups in total. The zero-order valence-electron chi connectivity index (χ0n) is 11.6. The van der Waals surface area contributed by atoms with Gasteiger partial charge in [0.15, 0.2) is 0 Å². The van der Waals surface area contributed by atoms with Crippen molar-refractivity contribution in [3.8, 4) is 0 Å². The monoisotopic (exact) mass is 272 g/mol. The summed E-state index contributed by atoms with van der Waals surface area (Å²) >= 11 is 0. The van der Waals surface area contributed by atoms with E-state index in [0.29, 0.717) is 19.4 Å². The van der Waals surface area contributed by atoms with Gasteiger partial charge in [-0.3, -0.25) is 4.79 Å². The minimum atomic E-state index is -0.515. The number of imidazole rings is 1. The summed E-state index contributed by atoms with van der Waals surface area (Å²) in [5.41, 5.74) is 6.97. The van der Waals surface area contributed by atoms with Crippen molar-refractivity contribution in [1.29, 1.82) is 0 Å². The van der Waals surface area contributed by atoms with E-state index in [4.69, 9.17) is 5.73 Å². The van der Waals surface area contributed by atoms with Crippen molar-refractivity contribution in [3.05, 3.63) is 54.1 Å². The van der Waals surface area contributed by atoms with Gasteiger partial charge < -0.3 is 15.6 Å². The molecule has 1 aromatic carbocycles. The number of nitrogens with two attached hydrogens (primary N) is 1. The van der Waals surface area contributed by atoms with Crippen molar-refractivity contribution in [1.82, 2.24) is 14.9 Å². The summed E-state index contributed by atoms with van der Waals surface area (Å²) < 4.78 is 1.94. The molecule has 0 bridgehead atoms. The lowest BCUT2D eigenvalue weighted by atomic mass is 10.1. The number of hydrogen-bond acceptors (Lipinski definition) is 3. The fourth-order valence-electron chi connectivity index (χ4n) is 2.03. The van der Waals surface area contributed by atoms with Gasteiger partial charge in [-0.25, -0.2) is 4.98 Å². The van der Waals surface area contributed by atoms with Crippen LogP contribution in [0, 0.1) is 0 Å². The van der Waals surface area contributed by atoms with E-state index in [1.165, 1.54) is 0 Å². The van der Waals surface area contributed by atoms with Gasteiger partial charge >= 0.3 is 0 Å². The molecule has 0 saturated heterocycles. The summed E-state index contributed by atoms with van der Waals surface area (Å²) in [4.78, 5) is 16.1. The van der Waals surface area contributed by atoms with E-state index < -0.39 is 6.04 Å². The summed E-state index contributed by atoms with van der Waals surface area (Å²) in [7, 11) is 1.94. The zero-order chi connectivity index (χ0) is 14.4. The van der Waals surface area contributed by atoms with Gasteiger partial charge in [-0.1, -0.05) is 30.3 Å². The van der Waals surface area contributed by atoms with Gasteiger partial charge in [-0.05, 0) is 12.0 Å². The number of benzene rings is 1. The van der Waals surface area contributed by atoms with Crippen LogP contribution in [0.25, 0.3) is 0 Å². The molecule has 1 aromatic heterocycles. The third kappa shape index (κ3) is 3.93. The van der Waals surface area contributed by atoms with E-state index in [-0.39, 0.29) is 5.91 Å². The maximum absolute atomic E-state index is 11.9. The first kappa shape index (κ1) is 14.3. The highest BCUT2D eigenvalue weighted by molar-refractivity contribution is 5.81. The maximum atomic E-state index is 11.9. The number of nitrogens with zero attached hydrogens (tertiary/aromatic N) is 2. The molecule has 0 aliphatic carbocycles. The highest BCUT2D eigenvalue weighted by Gasteiger charge is 2.13. The third-order valence-corrected chi connectivity index (χ3v) is 3.20. The largest absolute Gasteiger partial charge is 0.354 e. The van der Waals surface area contributed by atoms with Gasteiger partial charge in [0.25, 0.3) is 0 Å². The molecule has 106 valence electrons. The molecule has 1 amide bonds. The minimum Gasteiger partial charge on any atom is -0.354 e. The van der Waals surface area contributed by atoms with Crippen molar-refractivity contribution in [2.75, 3.05) is 6.54 Å². The molecule has 0 saturated carbocycles. The van der Waals surface area contributed by atoms with E-state index in [2.05, 4.69) is 10.3 Å². The Morgan fingerprint density at radius 3 is 2.80 bits per heavy atom. The van der Waals surface area contributed by atoms with Gasteiger partial charge in [0, 0.05) is 32.4 Å². The van der Waals surface area contributed by atoms with E-state index >= 15 is 0 Å². The highest BCUT2D eigenvalue weighted by Crippen LogP contribution is 2.02. The van der Waals surface area contributed by atoms with Crippen LogP contribution >= 0.6 is 0 Å². The van der Waals surface area contributed by atoms with E-state index in [1.54, 1.807) is 6.20 Å². The molecule has 0 aliphatic heterocycles. The fourth-order valence-corrected chi connectivity index (χ4v) is 2.03. The number of aromatic nitrogens is 2. The predicted octanol–water partition coefficient (Wildman–Crippen LogP) is 0.649. The van der Waals surface area contributed by atoms with Crippen LogP contribution in [-0.2, 0) is 24.7 Å². The Kier molecular flexibility index (Phi) is 4.90. The van der Waals surface area contributed by atoms with Crippen molar-refractivity contribution in [2.45, 2.75) is 18.9 Å². The Balaban J connectivity index is 1.76. The lowest BCUT2D eigenvalue weighted by Gasteiger charge is -2.12. The average molecular weight is 272 g/mol. The SMILES string of the molecule is Cn1ccnc1CCNC(=O)[C@H](N)Cc1ccccc1. The molecule has 1 heterocycles. The first-order valence-electron chi connectivity index (χ1n) is 6.70. The highest BCUT2D eigenvalue weighted by atomic mass is 16.2. The Labute approximate surface area is 118 Å². The Bertz CT molecular complexity index is 550. The van der Waals surface area contributed by atoms with Crippen molar-refractivity contribution in [3.63, 3.8) is 0 Å². The lowest BCUT2D eigenvalue weighted by Crippen LogP contribution is -2.42. The van der Waals surface area contributed by atoms with Gasteiger partial charge in [-0.15, -0.1) is 0 Å². The summed E-state index contributed by atoms with van der Waals surface area (Å²) in [5.74, 6) is 0.824. The maximum Gasteiger partial charge on any atom is 0.237 e. The van der Waals surface area contributed by atoms with Crippen LogP contribution in [0.15, 0.2) is 42.7 Å². The van der Waals surface area contributed by atoms with Crippen molar-refractivity contribution >= 4 is 5.91 Å². The van der Waals surface area contributed by atoms with Gasteiger partial charge in [0.1, 0.15) is 5.82 Å². The molecule has 0 radical (unpaired) electrons. The molecule has 20 heavy (non-hydrogen) atoms. The van der Waals surface area contributed by atoms with Crippen LogP contribution in [0.4, 0.5) is 0 Å². The second kappa shape index (κ2) is 6.86. The van der Waals surface area contributed by atoms with Crippen LogP contribution in [0.1, 0.15) is 11.4 Å². The number of rotatable bonds is 6. The van der Waals surface area contributed by atoms with Gasteiger partial charge in [0.05, 0.1) is 6.04 Å². The Morgan fingerprint density at radius 1 is 1.40 bits per heavy atom. The molecule has 5 nitrogen and oxygen atoms in total. The van der Waals surface area contributed by atoms with Crippen LogP contribution in [0.5, 0.6) is 0 Å². The fraction of sp³-hybridized carbons (Fsp3) is 0.333. The van der Waals surface area contributed by atoms with Gasteiger partial charge in [-0.2, -0.15) is 0 Å². The van der Waals surface area contributed by atoms with Crippen LogP contribution in [-0.4, -0.2) is 28.0 Å². The van der Waals surface area contributed by atoms with Crippen LogP contribution in [0.3, 0.4) is 0 Å². The summed E-state index contributed by atoms with van der Waals surface area (Å²) in [6.45, 7) is 0.548. The number of carbonyl (C=O) groups is 1. The molecule has 2 aromatic rings. The summed E-state index contributed by atoms with van der Waals surface area (Å²) in [5, 5.41) is 2.85. The number of hydrogen-bond donors (Lipinski definition) is 2. The summed E-state index contributed by atoms with van der Waals surface area (Å²) in [6, 6.07) is 9.27. The topological polar surface area (TPSA) is 72.9 Å². The molecule has 1 atom stereocenters. The Hall–Kier alpha value is -2.14. The molecular formula is C15H20N4O. The number of aryl methyl sites for hydroxylation is 1. The van der Waals surface area contributed by atoms with Gasteiger partial charge in [0.2, 0.25) is 5.91 Å². The molecule has 0 aliphatic rings.